The van der Waals surface area contributed by atoms with Crippen molar-refractivity contribution in [1.82, 2.24) is 34.9 Å². The summed E-state index contributed by atoms with van der Waals surface area (Å²) in [6.07, 6.45) is 14.0. The molecular formula is C64H77F2N9O9. The summed E-state index contributed by atoms with van der Waals surface area (Å²) in [5.41, 5.74) is 1.08. The Kier molecular flexibility index (Phi) is 16.9. The topological polar surface area (TPSA) is 172 Å². The van der Waals surface area contributed by atoms with Crippen molar-refractivity contribution in [2.24, 2.45) is 17.3 Å². The van der Waals surface area contributed by atoms with E-state index in [1.807, 2.05) is 30.6 Å². The van der Waals surface area contributed by atoms with Crippen molar-refractivity contribution in [3.8, 4) is 41.0 Å². The molecule has 4 aromatic carbocycles. The number of halogens is 2. The molecule has 6 heterocycles. The highest BCUT2D eigenvalue weighted by atomic mass is 19.1. The zero-order chi connectivity index (χ0) is 59.0. The van der Waals surface area contributed by atoms with E-state index in [9.17, 15) is 19.2 Å². The van der Waals surface area contributed by atoms with Gasteiger partial charge in [0.1, 0.15) is 34.3 Å². The monoisotopic (exact) mass is 1150 g/mol. The summed E-state index contributed by atoms with van der Waals surface area (Å²) in [4.78, 5) is 74.1. The van der Waals surface area contributed by atoms with Crippen molar-refractivity contribution in [3.05, 3.63) is 77.4 Å². The number of fused-ring (bicyclic) bond motifs is 4. The maximum Gasteiger partial charge on any atom is 0.410 e. The van der Waals surface area contributed by atoms with Crippen LogP contribution in [-0.4, -0.2) is 171 Å². The van der Waals surface area contributed by atoms with Crippen LogP contribution in [0.15, 0.2) is 54.6 Å². The van der Waals surface area contributed by atoms with E-state index in [-0.39, 0.29) is 83.7 Å². The van der Waals surface area contributed by atoms with Gasteiger partial charge in [-0.2, -0.15) is 9.97 Å². The Labute approximate surface area is 490 Å². The molecule has 2 unspecified atom stereocenters. The summed E-state index contributed by atoms with van der Waals surface area (Å²) in [7, 11) is 3.02. The number of methoxy groups -OCH3 is 2. The lowest BCUT2D eigenvalue weighted by Crippen LogP contribution is -2.57. The fraction of sp³-hybridized carbons (Fsp3) is 0.531. The Morgan fingerprint density at radius 2 is 1.57 bits per heavy atom. The van der Waals surface area contributed by atoms with Crippen LogP contribution >= 0.6 is 0 Å². The predicted molar refractivity (Wildman–Crippen MR) is 315 cm³/mol. The molecule has 1 aromatic heterocycles. The molecule has 1 saturated carbocycles. The van der Waals surface area contributed by atoms with E-state index in [0.29, 0.717) is 89.0 Å². The Balaban J connectivity index is 0.720. The van der Waals surface area contributed by atoms with Gasteiger partial charge in [-0.05, 0) is 137 Å². The molecule has 5 aliphatic heterocycles. The molecular weight excluding hydrogens is 1080 g/mol. The first-order valence-corrected chi connectivity index (χ1v) is 29.7. The van der Waals surface area contributed by atoms with Crippen LogP contribution in [0.1, 0.15) is 101 Å². The number of nitrogens with zero attached hydrogens (tertiary/aromatic N) is 8. The maximum absolute atomic E-state index is 17.7. The van der Waals surface area contributed by atoms with E-state index in [1.54, 1.807) is 48.5 Å². The second kappa shape index (κ2) is 24.3. The van der Waals surface area contributed by atoms with Gasteiger partial charge >= 0.3 is 18.1 Å². The van der Waals surface area contributed by atoms with Gasteiger partial charge < -0.3 is 43.3 Å². The van der Waals surface area contributed by atoms with Crippen molar-refractivity contribution >= 4 is 57.1 Å². The Morgan fingerprint density at radius 3 is 2.25 bits per heavy atom. The molecule has 20 heteroatoms. The molecule has 1 aliphatic carbocycles. The van der Waals surface area contributed by atoms with Gasteiger partial charge in [0.05, 0.1) is 37.1 Å². The number of rotatable bonds is 15. The third kappa shape index (κ3) is 12.3. The minimum atomic E-state index is -0.656. The lowest BCUT2D eigenvalue weighted by molar-refractivity contribution is -0.120. The molecule has 5 aromatic rings. The lowest BCUT2D eigenvalue weighted by atomic mass is 9.65. The third-order valence-corrected chi connectivity index (χ3v) is 18.1. The highest BCUT2D eigenvalue weighted by Crippen LogP contribution is 2.47. The number of piperazine rings is 2. The predicted octanol–water partition coefficient (Wildman–Crippen LogP) is 9.48. The number of benzene rings is 4. The fourth-order valence-electron chi connectivity index (χ4n) is 13.7. The first-order valence-electron chi connectivity index (χ1n) is 29.7. The van der Waals surface area contributed by atoms with Crippen molar-refractivity contribution in [2.75, 3.05) is 109 Å². The van der Waals surface area contributed by atoms with Crippen LogP contribution < -0.4 is 29.3 Å². The van der Waals surface area contributed by atoms with Gasteiger partial charge in [0.15, 0.2) is 12.6 Å². The van der Waals surface area contributed by atoms with Gasteiger partial charge in [0.25, 0.3) is 5.91 Å². The molecule has 3 atom stereocenters. The smallest absolute Gasteiger partial charge is 0.410 e. The number of amides is 5. The molecule has 18 nitrogen and oxygen atoms in total. The van der Waals surface area contributed by atoms with E-state index >= 15 is 8.78 Å². The lowest BCUT2D eigenvalue weighted by Gasteiger charge is -2.47. The Morgan fingerprint density at radius 1 is 0.845 bits per heavy atom. The average molecular weight is 1150 g/mol. The number of carbonyl (C=O) groups is 4. The summed E-state index contributed by atoms with van der Waals surface area (Å²) in [5, 5.41) is 3.75. The number of imide groups is 1. The van der Waals surface area contributed by atoms with Gasteiger partial charge in [-0.3, -0.25) is 24.7 Å². The number of ether oxygens (including phenoxy) is 5. The van der Waals surface area contributed by atoms with Crippen molar-refractivity contribution in [3.63, 3.8) is 0 Å². The van der Waals surface area contributed by atoms with Crippen LogP contribution in [0.3, 0.4) is 0 Å². The number of urea groups is 1. The van der Waals surface area contributed by atoms with E-state index in [1.165, 1.54) is 50.9 Å². The Hall–Kier alpha value is -7.34. The zero-order valence-corrected chi connectivity index (χ0v) is 49.1. The van der Waals surface area contributed by atoms with Crippen LogP contribution in [0.4, 0.5) is 29.9 Å². The molecule has 0 radical (unpaired) electrons. The number of hydrogen-bond donors (Lipinski definition) is 1. The average Bonchev–Trinajstić information content (AvgIpc) is 2.26. The normalized spacial score (nSPS) is 21.0. The van der Waals surface area contributed by atoms with Gasteiger partial charge in [-0.25, -0.2) is 18.4 Å². The fourth-order valence-corrected chi connectivity index (χ4v) is 13.7. The first-order chi connectivity index (χ1) is 40.4. The number of terminal acetylenes is 1. The van der Waals surface area contributed by atoms with Crippen LogP contribution in [0.2, 0.25) is 0 Å². The highest BCUT2D eigenvalue weighted by molar-refractivity contribution is 6.07. The number of aromatic nitrogens is 2. The third-order valence-electron chi connectivity index (χ3n) is 18.1. The van der Waals surface area contributed by atoms with E-state index in [4.69, 9.17) is 40.1 Å². The molecule has 6 aliphatic rings. The summed E-state index contributed by atoms with van der Waals surface area (Å²) >= 11 is 0. The van der Waals surface area contributed by atoms with Gasteiger partial charge in [0.2, 0.25) is 5.91 Å². The molecule has 84 heavy (non-hydrogen) atoms. The standard InChI is InChI=1S/C64H77F2N9O9/c1-8-47-51(65)15-9-42-31-46(83-39-80-6)33-50(55(42)47)48-13-14-49-57(56(48)66)68-60(69-58(49)73-36-44-11-12-45(37-73)75(44)62(79)84-63(3,4)5)82-38-40(2)34-70-27-29-71(30-28-70)35-41-17-20-64(21-18-41)22-25-72(26-23-64)59(77)43-10-16-53(81-7)52(32-43)74-24-19-54(76)67-61(74)78/h1,9-10,13-16,31-33,40-41,44-45H,11-12,17-30,34-39H2,2-7H3,(H,67,76,78)/t40-,44?,45?/m1/s1. The maximum atomic E-state index is 17.7. The van der Waals surface area contributed by atoms with Crippen molar-refractivity contribution in [1.29, 1.82) is 0 Å². The molecule has 6 fully saturated rings. The number of piperidine rings is 1. The number of anilines is 2. The van der Waals surface area contributed by atoms with Gasteiger partial charge in [-0.15, -0.1) is 6.42 Å². The summed E-state index contributed by atoms with van der Waals surface area (Å²) in [6.45, 7) is 16.2. The molecule has 5 amide bonds. The van der Waals surface area contributed by atoms with E-state index < -0.39 is 23.3 Å². The van der Waals surface area contributed by atoms with Crippen LogP contribution in [0.25, 0.3) is 32.8 Å². The largest absolute Gasteiger partial charge is 0.495 e. The van der Waals surface area contributed by atoms with Crippen LogP contribution in [0.5, 0.6) is 17.5 Å². The quantitative estimate of drug-likeness (QED) is 0.0776. The molecule has 5 saturated heterocycles. The highest BCUT2D eigenvalue weighted by Gasteiger charge is 2.46. The summed E-state index contributed by atoms with van der Waals surface area (Å²) in [5.74, 6) is 2.92. The minimum Gasteiger partial charge on any atom is -0.495 e. The van der Waals surface area contributed by atoms with Crippen LogP contribution in [0, 0.1) is 41.2 Å². The molecule has 1 spiro atoms. The summed E-state index contributed by atoms with van der Waals surface area (Å²) in [6, 6.07) is 14.1. The first kappa shape index (κ1) is 58.4. The Bertz CT molecular complexity index is 3350. The minimum absolute atomic E-state index is 0.00209. The number of carbonyl (C=O) groups excluding carboxylic acids is 4. The second-order valence-corrected chi connectivity index (χ2v) is 24.9. The van der Waals surface area contributed by atoms with E-state index in [0.717, 1.165) is 65.0 Å². The molecule has 2 bridgehead atoms. The molecule has 11 rings (SSSR count). The molecule has 1 N–H and O–H groups in total. The van der Waals surface area contributed by atoms with E-state index in [2.05, 4.69) is 32.9 Å². The second-order valence-electron chi connectivity index (χ2n) is 24.9. The zero-order valence-electron chi connectivity index (χ0n) is 49.1. The number of nitrogens with one attached hydrogen (secondary N) is 1. The molecule has 446 valence electrons. The summed E-state index contributed by atoms with van der Waals surface area (Å²) < 4.78 is 61.9. The van der Waals surface area contributed by atoms with Crippen LogP contribution in [-0.2, 0) is 14.3 Å². The van der Waals surface area contributed by atoms with Crippen molar-refractivity contribution in [2.45, 2.75) is 103 Å². The number of hydrogen-bond acceptors (Lipinski definition) is 14. The van der Waals surface area contributed by atoms with Crippen molar-refractivity contribution < 1.29 is 51.6 Å². The van der Waals surface area contributed by atoms with Gasteiger partial charge in [-0.1, -0.05) is 25.0 Å². The number of likely N-dealkylation sites (tertiary alicyclic amines) is 1. The van der Waals surface area contributed by atoms with Gasteiger partial charge in [0, 0.05) is 113 Å². The SMILES string of the molecule is C#Cc1c(F)ccc2cc(OCOC)cc(-c3ccc4c(N5CC6CCC(C5)N6C(=O)OC(C)(C)C)nc(OC[C@H](C)CN5CCN(CC6CCC7(CC6)CCN(C(=O)c6ccc(OC)c(N8CCC(=O)NC8=O)c6)CC7)CC5)nc4c3F)c12.